The Bertz CT molecular complexity index is 1010. The second-order valence-corrected chi connectivity index (χ2v) is 13.4. The number of likely N-dealkylation sites (tertiary alicyclic amines) is 1. The molecule has 1 fully saturated rings. The van der Waals surface area contributed by atoms with E-state index in [1.807, 2.05) is 0 Å². The number of hydrogen-bond donors (Lipinski definition) is 9. The van der Waals surface area contributed by atoms with E-state index in [1.54, 1.807) is 4.90 Å². The molecule has 0 spiro atoms. The van der Waals surface area contributed by atoms with Gasteiger partial charge in [-0.15, -0.1) is 0 Å². The molecule has 18 heteroatoms. The Labute approximate surface area is 314 Å². The van der Waals surface area contributed by atoms with Crippen LogP contribution in [-0.2, 0) is 38.2 Å². The lowest BCUT2D eigenvalue weighted by molar-refractivity contribution is -0.133. The van der Waals surface area contributed by atoms with Crippen LogP contribution < -0.4 is 38.5 Å². The minimum Gasteiger partial charge on any atom is -0.394 e. The van der Waals surface area contributed by atoms with E-state index in [0.717, 1.165) is 44.9 Å². The van der Waals surface area contributed by atoms with Crippen molar-refractivity contribution >= 4 is 29.5 Å². The molecule has 0 aliphatic carbocycles. The minimum absolute atomic E-state index is 0.000736. The van der Waals surface area contributed by atoms with Crippen molar-refractivity contribution in [1.29, 1.82) is 0 Å². The Morgan fingerprint density at radius 2 is 1.11 bits per heavy atom. The highest BCUT2D eigenvalue weighted by atomic mass is 16.5. The van der Waals surface area contributed by atoms with E-state index >= 15 is 0 Å². The number of nitrogens with one attached hydrogen (secondary N) is 4. The van der Waals surface area contributed by atoms with Crippen LogP contribution in [0.4, 0.5) is 0 Å². The standard InChI is InChI=1S/C35H68N8O10/c36-15-9-16-39-30(46)12-17-51-23-35(24-52-18-13-31(47)40-26-37,25-53-19-14-32(48)41-27-38)42-33(49)10-7-5-3-1-2-4-6-8-11-34(50)43-21-29(45)20-28(43)22-44/h28-29,44-45H,1-27,36-38H2,(H,39,46)(H,40,47)(H,41,48)(H,42,49)/t28?,29-/m1/s1. The largest absolute Gasteiger partial charge is 0.394 e. The first-order chi connectivity index (χ1) is 25.6. The molecule has 1 rings (SSSR count). The Kier molecular flexibility index (Phi) is 27.5. The average molecular weight is 761 g/mol. The van der Waals surface area contributed by atoms with E-state index in [9.17, 15) is 34.2 Å². The Morgan fingerprint density at radius 3 is 1.58 bits per heavy atom. The quantitative estimate of drug-likeness (QED) is 0.0271. The van der Waals surface area contributed by atoms with Gasteiger partial charge < -0.3 is 67.8 Å². The summed E-state index contributed by atoms with van der Waals surface area (Å²) >= 11 is 0. The normalized spacial score (nSPS) is 15.7. The molecular weight excluding hydrogens is 692 g/mol. The molecule has 1 saturated heterocycles. The van der Waals surface area contributed by atoms with Crippen LogP contribution in [0.15, 0.2) is 0 Å². The molecule has 0 aromatic heterocycles. The summed E-state index contributed by atoms with van der Waals surface area (Å²) in [6.07, 6.45) is 8.60. The van der Waals surface area contributed by atoms with Crippen LogP contribution in [0.5, 0.6) is 0 Å². The van der Waals surface area contributed by atoms with Crippen molar-refractivity contribution in [3.05, 3.63) is 0 Å². The van der Waals surface area contributed by atoms with Gasteiger partial charge in [0.05, 0.1) is 71.7 Å². The summed E-state index contributed by atoms with van der Waals surface area (Å²) < 4.78 is 17.5. The molecule has 18 nitrogen and oxygen atoms in total. The van der Waals surface area contributed by atoms with Crippen LogP contribution in [-0.4, -0.2) is 142 Å². The number of aliphatic hydroxyl groups excluding tert-OH is 2. The molecule has 0 aromatic carbocycles. The third-order valence-electron chi connectivity index (χ3n) is 8.73. The lowest BCUT2D eigenvalue weighted by Gasteiger charge is -2.34. The van der Waals surface area contributed by atoms with E-state index in [-0.39, 0.29) is 121 Å². The maximum atomic E-state index is 13.2. The van der Waals surface area contributed by atoms with E-state index in [0.29, 0.717) is 45.3 Å². The van der Waals surface area contributed by atoms with Gasteiger partial charge in [-0.3, -0.25) is 24.0 Å². The Morgan fingerprint density at radius 1 is 0.642 bits per heavy atom. The van der Waals surface area contributed by atoms with Gasteiger partial charge in [-0.25, -0.2) is 0 Å². The number of rotatable bonds is 33. The highest BCUT2D eigenvalue weighted by molar-refractivity contribution is 5.78. The molecule has 1 aliphatic heterocycles. The second-order valence-electron chi connectivity index (χ2n) is 13.4. The predicted molar refractivity (Wildman–Crippen MR) is 198 cm³/mol. The van der Waals surface area contributed by atoms with Gasteiger partial charge in [0.1, 0.15) is 5.54 Å². The molecule has 5 amide bonds. The zero-order valence-electron chi connectivity index (χ0n) is 31.6. The maximum absolute atomic E-state index is 13.2. The number of nitrogens with zero attached hydrogens (tertiary/aromatic N) is 1. The lowest BCUT2D eigenvalue weighted by Crippen LogP contribution is -2.58. The molecule has 2 atom stereocenters. The molecule has 0 aromatic rings. The van der Waals surface area contributed by atoms with Gasteiger partial charge in [-0.2, -0.15) is 0 Å². The number of ether oxygens (including phenoxy) is 3. The van der Waals surface area contributed by atoms with Crippen LogP contribution in [0, 0.1) is 0 Å². The van der Waals surface area contributed by atoms with Crippen molar-refractivity contribution in [2.24, 2.45) is 17.2 Å². The van der Waals surface area contributed by atoms with Crippen molar-refractivity contribution in [2.75, 3.05) is 79.2 Å². The topological polar surface area (TPSA) is 283 Å². The smallest absolute Gasteiger partial charge is 0.223 e. The molecule has 0 saturated carbocycles. The fraction of sp³-hybridized carbons (Fsp3) is 0.857. The van der Waals surface area contributed by atoms with Gasteiger partial charge in [0, 0.05) is 45.2 Å². The molecule has 0 radical (unpaired) electrons. The molecule has 12 N–H and O–H groups in total. The van der Waals surface area contributed by atoms with Gasteiger partial charge >= 0.3 is 0 Å². The van der Waals surface area contributed by atoms with Crippen molar-refractivity contribution in [3.8, 4) is 0 Å². The summed E-state index contributed by atoms with van der Waals surface area (Å²) in [5, 5.41) is 30.0. The zero-order chi connectivity index (χ0) is 39.2. The number of carbonyl (C=O) groups is 5. The van der Waals surface area contributed by atoms with Crippen molar-refractivity contribution in [1.82, 2.24) is 26.2 Å². The fourth-order valence-corrected chi connectivity index (χ4v) is 5.85. The second kappa shape index (κ2) is 30.4. The van der Waals surface area contributed by atoms with E-state index < -0.39 is 11.6 Å². The highest BCUT2D eigenvalue weighted by Crippen LogP contribution is 2.20. The fourth-order valence-electron chi connectivity index (χ4n) is 5.85. The van der Waals surface area contributed by atoms with Crippen molar-refractivity contribution in [3.63, 3.8) is 0 Å². The molecule has 0 bridgehead atoms. The molecule has 1 heterocycles. The summed E-state index contributed by atoms with van der Waals surface area (Å²) in [5.41, 5.74) is 15.1. The number of nitrogens with two attached hydrogens (primary N) is 3. The van der Waals surface area contributed by atoms with Crippen LogP contribution in [0.1, 0.15) is 96.3 Å². The SMILES string of the molecule is NCCCNC(=O)CCOCC(COCCC(=O)NCN)(COCCC(=O)NCN)NC(=O)CCCCCCCCCCC(=O)N1C[C@H](O)CC1CO. The van der Waals surface area contributed by atoms with Crippen LogP contribution in [0.25, 0.3) is 0 Å². The molecule has 1 aliphatic rings. The average Bonchev–Trinajstić information content (AvgIpc) is 3.52. The first-order valence-electron chi connectivity index (χ1n) is 19.1. The summed E-state index contributed by atoms with van der Waals surface area (Å²) in [5.74, 6) is -1.01. The van der Waals surface area contributed by atoms with Gasteiger partial charge in [-0.1, -0.05) is 38.5 Å². The molecule has 308 valence electrons. The number of β-amino-alcohol motifs (C(OH)–C–C–N with tert-alkyl or cyclic N) is 1. The highest BCUT2D eigenvalue weighted by Gasteiger charge is 2.34. The number of aliphatic hydroxyl groups is 2. The maximum Gasteiger partial charge on any atom is 0.223 e. The molecule has 53 heavy (non-hydrogen) atoms. The first-order valence-corrected chi connectivity index (χ1v) is 19.1. The van der Waals surface area contributed by atoms with Gasteiger partial charge in [-0.05, 0) is 32.2 Å². The zero-order valence-corrected chi connectivity index (χ0v) is 31.6. The monoisotopic (exact) mass is 761 g/mol. The van der Waals surface area contributed by atoms with Gasteiger partial charge in [0.2, 0.25) is 29.5 Å². The lowest BCUT2D eigenvalue weighted by atomic mass is 10.0. The van der Waals surface area contributed by atoms with Crippen LogP contribution >= 0.6 is 0 Å². The van der Waals surface area contributed by atoms with Gasteiger partial charge in [0.25, 0.3) is 0 Å². The van der Waals surface area contributed by atoms with E-state index in [2.05, 4.69) is 21.3 Å². The predicted octanol–water partition coefficient (Wildman–Crippen LogP) is -1.55. The summed E-state index contributed by atoms with van der Waals surface area (Å²) in [4.78, 5) is 63.2. The summed E-state index contributed by atoms with van der Waals surface area (Å²) in [7, 11) is 0. The van der Waals surface area contributed by atoms with Crippen molar-refractivity contribution in [2.45, 2.75) is 114 Å². The number of amides is 5. The summed E-state index contributed by atoms with van der Waals surface area (Å²) in [6, 6.07) is -0.287. The number of carbonyl (C=O) groups excluding carboxylic acids is 5. The molecular formula is C35H68N8O10. The van der Waals surface area contributed by atoms with E-state index in [4.69, 9.17) is 31.4 Å². The van der Waals surface area contributed by atoms with Crippen molar-refractivity contribution < 1.29 is 48.4 Å². The Balaban J connectivity index is 2.61. The summed E-state index contributed by atoms with van der Waals surface area (Å²) in [6.45, 7) is 1.11. The van der Waals surface area contributed by atoms with E-state index in [1.165, 1.54) is 0 Å². The van der Waals surface area contributed by atoms with Crippen LogP contribution in [0.2, 0.25) is 0 Å². The third kappa shape index (κ3) is 23.4. The first kappa shape index (κ1) is 48.0. The number of unbranched alkanes of at least 4 members (excludes halogenated alkanes) is 7. The minimum atomic E-state index is -1.17. The molecule has 1 unspecified atom stereocenters. The van der Waals surface area contributed by atoms with Gasteiger partial charge in [0.15, 0.2) is 0 Å². The Hall–Kier alpha value is -2.97. The van der Waals surface area contributed by atoms with Crippen LogP contribution in [0.3, 0.4) is 0 Å². The number of hydrogen-bond acceptors (Lipinski definition) is 13. The third-order valence-corrected chi connectivity index (χ3v) is 8.73.